The van der Waals surface area contributed by atoms with Gasteiger partial charge in [0.15, 0.2) is 0 Å². The number of hydrogen-bond acceptors (Lipinski definition) is 4. The first-order valence-electron chi connectivity index (χ1n) is 9.92. The molecule has 2 saturated heterocycles. The van der Waals surface area contributed by atoms with Gasteiger partial charge in [0, 0.05) is 30.4 Å². The Balaban J connectivity index is 1.43. The summed E-state index contributed by atoms with van der Waals surface area (Å²) in [5.41, 5.74) is 4.61. The van der Waals surface area contributed by atoms with Gasteiger partial charge in [0.25, 0.3) is 0 Å². The van der Waals surface area contributed by atoms with Crippen molar-refractivity contribution in [3.8, 4) is 11.3 Å². The Morgan fingerprint density at radius 3 is 2.70 bits per heavy atom. The van der Waals surface area contributed by atoms with Gasteiger partial charge in [-0.3, -0.25) is 9.88 Å². The zero-order chi connectivity index (χ0) is 18.4. The SMILES string of the molecule is CCc1ccc(-c2cc3c(cn2)COC32CCN(C3COC3)CC2)cc1F. The molecule has 5 rings (SSSR count). The van der Waals surface area contributed by atoms with Crippen LogP contribution in [0.5, 0.6) is 0 Å². The van der Waals surface area contributed by atoms with Gasteiger partial charge in [0.05, 0.1) is 37.2 Å². The first-order chi connectivity index (χ1) is 13.2. The number of piperidine rings is 1. The van der Waals surface area contributed by atoms with E-state index in [1.165, 1.54) is 11.1 Å². The molecule has 3 aliphatic rings. The molecule has 3 aliphatic heterocycles. The standard InChI is InChI=1S/C22H25FN2O2/c1-2-15-3-4-16(9-20(15)23)21-10-19-17(11-24-21)12-27-22(19)5-7-25(8-6-22)18-13-26-14-18/h3-4,9-11,18H,2,5-8,12-14H2,1H3. The van der Waals surface area contributed by atoms with Crippen molar-refractivity contribution >= 4 is 0 Å². The molecule has 1 spiro atoms. The van der Waals surface area contributed by atoms with E-state index >= 15 is 0 Å². The quantitative estimate of drug-likeness (QED) is 0.828. The predicted octanol–water partition coefficient (Wildman–Crippen LogP) is 3.67. The van der Waals surface area contributed by atoms with Crippen molar-refractivity contribution in [2.75, 3.05) is 26.3 Å². The van der Waals surface area contributed by atoms with Gasteiger partial charge in [-0.05, 0) is 42.5 Å². The van der Waals surface area contributed by atoms with Crippen molar-refractivity contribution in [2.24, 2.45) is 0 Å². The normalized spacial score (nSPS) is 22.0. The molecule has 5 heteroatoms. The molecule has 1 aromatic carbocycles. The van der Waals surface area contributed by atoms with E-state index in [2.05, 4.69) is 16.0 Å². The highest BCUT2D eigenvalue weighted by Gasteiger charge is 2.44. The van der Waals surface area contributed by atoms with Crippen LogP contribution >= 0.6 is 0 Å². The molecule has 142 valence electrons. The number of aromatic nitrogens is 1. The van der Waals surface area contributed by atoms with Gasteiger partial charge in [-0.1, -0.05) is 19.1 Å². The lowest BCUT2D eigenvalue weighted by molar-refractivity contribution is -0.119. The van der Waals surface area contributed by atoms with Crippen LogP contribution in [0.2, 0.25) is 0 Å². The Bertz CT molecular complexity index is 857. The lowest BCUT2D eigenvalue weighted by Crippen LogP contribution is -2.54. The third-order valence-electron chi connectivity index (χ3n) is 6.45. The summed E-state index contributed by atoms with van der Waals surface area (Å²) in [6.07, 6.45) is 4.59. The number of rotatable bonds is 3. The molecule has 0 bridgehead atoms. The molecule has 0 N–H and O–H groups in total. The third-order valence-corrected chi connectivity index (χ3v) is 6.45. The Kier molecular flexibility index (Phi) is 4.26. The lowest BCUT2D eigenvalue weighted by atomic mass is 9.83. The van der Waals surface area contributed by atoms with Crippen LogP contribution in [0.15, 0.2) is 30.5 Å². The number of ether oxygens (including phenoxy) is 2. The Labute approximate surface area is 159 Å². The van der Waals surface area contributed by atoms with Gasteiger partial charge >= 0.3 is 0 Å². The van der Waals surface area contributed by atoms with Crippen molar-refractivity contribution in [1.29, 1.82) is 0 Å². The molecule has 0 amide bonds. The highest BCUT2D eigenvalue weighted by Crippen LogP contribution is 2.45. The Hall–Kier alpha value is -1.82. The Morgan fingerprint density at radius 1 is 1.22 bits per heavy atom. The molecular weight excluding hydrogens is 343 g/mol. The zero-order valence-corrected chi connectivity index (χ0v) is 15.7. The number of nitrogens with zero attached hydrogens (tertiary/aromatic N) is 2. The number of hydrogen-bond donors (Lipinski definition) is 0. The van der Waals surface area contributed by atoms with Crippen LogP contribution in [0.25, 0.3) is 11.3 Å². The molecule has 4 nitrogen and oxygen atoms in total. The maximum Gasteiger partial charge on any atom is 0.127 e. The van der Waals surface area contributed by atoms with Crippen molar-refractivity contribution in [3.05, 3.63) is 53.0 Å². The predicted molar refractivity (Wildman–Crippen MR) is 101 cm³/mol. The second-order valence-electron chi connectivity index (χ2n) is 7.90. The molecule has 0 atom stereocenters. The molecule has 4 heterocycles. The minimum Gasteiger partial charge on any atom is -0.378 e. The molecule has 0 saturated carbocycles. The minimum absolute atomic E-state index is 0.153. The molecule has 0 aliphatic carbocycles. The largest absolute Gasteiger partial charge is 0.378 e. The van der Waals surface area contributed by atoms with Gasteiger partial charge < -0.3 is 9.47 Å². The van der Waals surface area contributed by atoms with E-state index < -0.39 is 0 Å². The summed E-state index contributed by atoms with van der Waals surface area (Å²) in [6.45, 7) is 6.37. The van der Waals surface area contributed by atoms with Gasteiger partial charge in [-0.2, -0.15) is 0 Å². The van der Waals surface area contributed by atoms with E-state index in [-0.39, 0.29) is 11.4 Å². The second-order valence-corrected chi connectivity index (χ2v) is 7.90. The van der Waals surface area contributed by atoms with E-state index in [1.807, 2.05) is 25.3 Å². The molecule has 2 fully saturated rings. The van der Waals surface area contributed by atoms with Crippen LogP contribution < -0.4 is 0 Å². The third kappa shape index (κ3) is 2.89. The molecule has 27 heavy (non-hydrogen) atoms. The number of benzene rings is 1. The lowest BCUT2D eigenvalue weighted by Gasteiger charge is -2.45. The Morgan fingerprint density at radius 2 is 2.04 bits per heavy atom. The fourth-order valence-electron chi connectivity index (χ4n) is 4.57. The van der Waals surface area contributed by atoms with Crippen LogP contribution in [0.3, 0.4) is 0 Å². The summed E-state index contributed by atoms with van der Waals surface area (Å²) in [5.74, 6) is -0.153. The van der Waals surface area contributed by atoms with Crippen LogP contribution in [0, 0.1) is 5.82 Å². The van der Waals surface area contributed by atoms with Crippen LogP contribution in [-0.2, 0) is 28.1 Å². The van der Waals surface area contributed by atoms with E-state index in [1.54, 1.807) is 6.07 Å². The summed E-state index contributed by atoms with van der Waals surface area (Å²) in [5, 5.41) is 0. The van der Waals surface area contributed by atoms with Gasteiger partial charge in [0.1, 0.15) is 5.82 Å². The van der Waals surface area contributed by atoms with Crippen molar-refractivity contribution in [3.63, 3.8) is 0 Å². The number of likely N-dealkylation sites (tertiary alicyclic amines) is 1. The summed E-state index contributed by atoms with van der Waals surface area (Å²) in [4.78, 5) is 7.11. The number of halogens is 1. The van der Waals surface area contributed by atoms with E-state index in [4.69, 9.17) is 9.47 Å². The first kappa shape index (κ1) is 17.3. The molecule has 2 aromatic rings. The van der Waals surface area contributed by atoms with Gasteiger partial charge in [0.2, 0.25) is 0 Å². The smallest absolute Gasteiger partial charge is 0.127 e. The van der Waals surface area contributed by atoms with Crippen molar-refractivity contribution in [1.82, 2.24) is 9.88 Å². The van der Waals surface area contributed by atoms with Gasteiger partial charge in [-0.25, -0.2) is 4.39 Å². The average Bonchev–Trinajstić information content (AvgIpc) is 3.00. The van der Waals surface area contributed by atoms with E-state index in [0.717, 1.165) is 56.0 Å². The van der Waals surface area contributed by atoms with E-state index in [0.29, 0.717) is 19.1 Å². The first-order valence-corrected chi connectivity index (χ1v) is 9.92. The average molecular weight is 368 g/mol. The van der Waals surface area contributed by atoms with Crippen LogP contribution in [-0.4, -0.2) is 42.2 Å². The molecular formula is C22H25FN2O2. The van der Waals surface area contributed by atoms with Crippen LogP contribution in [0.1, 0.15) is 36.5 Å². The fourth-order valence-corrected chi connectivity index (χ4v) is 4.57. The summed E-state index contributed by atoms with van der Waals surface area (Å²) in [7, 11) is 0. The van der Waals surface area contributed by atoms with Crippen molar-refractivity contribution < 1.29 is 13.9 Å². The highest BCUT2D eigenvalue weighted by molar-refractivity contribution is 5.62. The number of fused-ring (bicyclic) bond motifs is 2. The fraction of sp³-hybridized carbons (Fsp3) is 0.500. The maximum absolute atomic E-state index is 14.2. The summed E-state index contributed by atoms with van der Waals surface area (Å²) >= 11 is 0. The summed E-state index contributed by atoms with van der Waals surface area (Å²) in [6, 6.07) is 8.15. The van der Waals surface area contributed by atoms with Gasteiger partial charge in [-0.15, -0.1) is 0 Å². The zero-order valence-electron chi connectivity index (χ0n) is 15.7. The minimum atomic E-state index is -0.212. The van der Waals surface area contributed by atoms with Crippen molar-refractivity contribution in [2.45, 2.75) is 44.4 Å². The van der Waals surface area contributed by atoms with E-state index in [9.17, 15) is 4.39 Å². The summed E-state index contributed by atoms with van der Waals surface area (Å²) < 4.78 is 25.9. The monoisotopic (exact) mass is 368 g/mol. The molecule has 1 aromatic heterocycles. The van der Waals surface area contributed by atoms with Crippen LogP contribution in [0.4, 0.5) is 4.39 Å². The number of aryl methyl sites for hydroxylation is 1. The number of pyridine rings is 1. The second kappa shape index (κ2) is 6.66. The maximum atomic E-state index is 14.2. The topological polar surface area (TPSA) is 34.6 Å². The molecule has 0 unspecified atom stereocenters. The highest BCUT2D eigenvalue weighted by atomic mass is 19.1. The molecule has 0 radical (unpaired) electrons.